The largest absolute Gasteiger partial charge is 0.353 e. The third-order valence-electron chi connectivity index (χ3n) is 5.95. The number of amides is 2. The van der Waals surface area contributed by atoms with Crippen LogP contribution in [0.3, 0.4) is 0 Å². The Bertz CT molecular complexity index is 931. The first-order chi connectivity index (χ1) is 15.6. The predicted molar refractivity (Wildman–Crippen MR) is 127 cm³/mol. The standard InChI is InChI=1S/C23H28ClN5O2S/c24-19-14-20(28-10-12-29(13-11-28)22(31)18-8-4-5-9-18)27-23(26-19)32-16-21(30)25-15-17-6-2-1-3-7-17/h1-3,6-7,14,18H,4-5,8-13,15-16H2,(H,25,30). The van der Waals surface area contributed by atoms with Crippen molar-refractivity contribution in [3.63, 3.8) is 0 Å². The van der Waals surface area contributed by atoms with E-state index < -0.39 is 0 Å². The van der Waals surface area contributed by atoms with Crippen molar-refractivity contribution >= 4 is 41.0 Å². The summed E-state index contributed by atoms with van der Waals surface area (Å²) in [5, 5.41) is 3.74. The average molecular weight is 474 g/mol. The molecule has 2 heterocycles. The van der Waals surface area contributed by atoms with Crippen molar-refractivity contribution in [1.82, 2.24) is 20.2 Å². The van der Waals surface area contributed by atoms with E-state index in [1.165, 1.54) is 24.6 Å². The molecule has 32 heavy (non-hydrogen) atoms. The van der Waals surface area contributed by atoms with Gasteiger partial charge in [-0.15, -0.1) is 0 Å². The molecule has 2 aromatic rings. The summed E-state index contributed by atoms with van der Waals surface area (Å²) in [7, 11) is 0. The lowest BCUT2D eigenvalue weighted by Gasteiger charge is -2.36. The smallest absolute Gasteiger partial charge is 0.230 e. The topological polar surface area (TPSA) is 78.4 Å². The monoisotopic (exact) mass is 473 g/mol. The van der Waals surface area contributed by atoms with Gasteiger partial charge in [0.2, 0.25) is 11.8 Å². The Morgan fingerprint density at radius 2 is 1.78 bits per heavy atom. The lowest BCUT2D eigenvalue weighted by molar-refractivity contribution is -0.135. The zero-order valence-corrected chi connectivity index (χ0v) is 19.6. The van der Waals surface area contributed by atoms with Gasteiger partial charge in [0.1, 0.15) is 11.0 Å². The van der Waals surface area contributed by atoms with Crippen molar-refractivity contribution in [3.05, 3.63) is 47.1 Å². The van der Waals surface area contributed by atoms with Gasteiger partial charge in [-0.2, -0.15) is 0 Å². The highest BCUT2D eigenvalue weighted by molar-refractivity contribution is 7.99. The minimum Gasteiger partial charge on any atom is -0.353 e. The number of rotatable bonds is 7. The van der Waals surface area contributed by atoms with Crippen molar-refractivity contribution in [2.24, 2.45) is 5.92 Å². The molecule has 7 nitrogen and oxygen atoms in total. The number of benzene rings is 1. The summed E-state index contributed by atoms with van der Waals surface area (Å²) < 4.78 is 0. The zero-order valence-electron chi connectivity index (χ0n) is 18.0. The minimum absolute atomic E-state index is 0.0805. The molecule has 2 fully saturated rings. The van der Waals surface area contributed by atoms with Crippen molar-refractivity contribution < 1.29 is 9.59 Å². The van der Waals surface area contributed by atoms with Crippen LogP contribution in [0.4, 0.5) is 5.82 Å². The maximum Gasteiger partial charge on any atom is 0.230 e. The molecule has 0 bridgehead atoms. The van der Waals surface area contributed by atoms with Crippen LogP contribution in [0.2, 0.25) is 5.15 Å². The average Bonchev–Trinajstić information content (AvgIpc) is 3.36. The number of carbonyl (C=O) groups excluding carboxylic acids is 2. The van der Waals surface area contributed by atoms with Crippen LogP contribution in [0.15, 0.2) is 41.6 Å². The van der Waals surface area contributed by atoms with E-state index in [4.69, 9.17) is 11.6 Å². The number of halogens is 1. The SMILES string of the molecule is O=C(CSc1nc(Cl)cc(N2CCN(C(=O)C3CCCC3)CC2)n1)NCc1ccccc1. The predicted octanol–water partition coefficient (Wildman–Crippen LogP) is 3.38. The highest BCUT2D eigenvalue weighted by Crippen LogP contribution is 2.28. The van der Waals surface area contributed by atoms with Crippen molar-refractivity contribution in [2.75, 3.05) is 36.8 Å². The Balaban J connectivity index is 1.28. The van der Waals surface area contributed by atoms with E-state index in [1.807, 2.05) is 35.2 Å². The third kappa shape index (κ3) is 6.13. The van der Waals surface area contributed by atoms with Crippen LogP contribution in [-0.2, 0) is 16.1 Å². The molecular formula is C23H28ClN5O2S. The Labute approximate surface area is 197 Å². The van der Waals surface area contributed by atoms with Gasteiger partial charge in [0.05, 0.1) is 5.75 Å². The molecule has 1 saturated heterocycles. The maximum absolute atomic E-state index is 12.7. The van der Waals surface area contributed by atoms with Crippen LogP contribution < -0.4 is 10.2 Å². The molecule has 1 saturated carbocycles. The molecule has 0 unspecified atom stereocenters. The van der Waals surface area contributed by atoms with Crippen molar-refractivity contribution in [2.45, 2.75) is 37.4 Å². The Hall–Kier alpha value is -2.32. The number of piperazine rings is 1. The molecule has 4 rings (SSSR count). The van der Waals surface area contributed by atoms with Crippen LogP contribution in [0.5, 0.6) is 0 Å². The summed E-state index contributed by atoms with van der Waals surface area (Å²) in [6.07, 6.45) is 4.39. The van der Waals surface area contributed by atoms with Crippen LogP contribution in [-0.4, -0.2) is 58.6 Å². The number of thioether (sulfide) groups is 1. The van der Waals surface area contributed by atoms with Crippen LogP contribution >= 0.6 is 23.4 Å². The number of hydrogen-bond donors (Lipinski definition) is 1. The Morgan fingerprint density at radius 1 is 1.06 bits per heavy atom. The second kappa shape index (κ2) is 11.0. The summed E-state index contributed by atoms with van der Waals surface area (Å²) in [6, 6.07) is 11.5. The summed E-state index contributed by atoms with van der Waals surface area (Å²) in [6.45, 7) is 3.31. The van der Waals surface area contributed by atoms with E-state index in [0.717, 1.165) is 24.2 Å². The zero-order chi connectivity index (χ0) is 22.3. The van der Waals surface area contributed by atoms with Crippen molar-refractivity contribution in [1.29, 1.82) is 0 Å². The molecule has 1 aromatic heterocycles. The molecule has 2 amide bonds. The van der Waals surface area contributed by atoms with E-state index in [2.05, 4.69) is 20.2 Å². The number of nitrogens with one attached hydrogen (secondary N) is 1. The molecule has 0 radical (unpaired) electrons. The second-order valence-electron chi connectivity index (χ2n) is 8.18. The van der Waals surface area contributed by atoms with E-state index in [-0.39, 0.29) is 17.6 Å². The lowest BCUT2D eigenvalue weighted by atomic mass is 10.1. The summed E-state index contributed by atoms with van der Waals surface area (Å²) in [5.41, 5.74) is 1.05. The quantitative estimate of drug-likeness (QED) is 0.377. The van der Waals surface area contributed by atoms with E-state index in [1.54, 1.807) is 6.07 Å². The van der Waals surface area contributed by atoms with Gasteiger partial charge in [-0.25, -0.2) is 9.97 Å². The fraction of sp³-hybridized carbons (Fsp3) is 0.478. The Morgan fingerprint density at radius 3 is 2.50 bits per heavy atom. The molecule has 1 aliphatic heterocycles. The Kier molecular flexibility index (Phi) is 7.86. The molecule has 0 atom stereocenters. The van der Waals surface area contributed by atoms with E-state index >= 15 is 0 Å². The lowest BCUT2D eigenvalue weighted by Crippen LogP contribution is -2.50. The maximum atomic E-state index is 12.7. The second-order valence-corrected chi connectivity index (χ2v) is 9.51. The molecular weight excluding hydrogens is 446 g/mol. The number of aromatic nitrogens is 2. The van der Waals surface area contributed by atoms with Gasteiger partial charge in [0.25, 0.3) is 0 Å². The summed E-state index contributed by atoms with van der Waals surface area (Å²) in [5.74, 6) is 1.40. The number of anilines is 1. The van der Waals surface area contributed by atoms with Gasteiger partial charge < -0.3 is 15.1 Å². The van der Waals surface area contributed by atoms with E-state index in [0.29, 0.717) is 48.9 Å². The van der Waals surface area contributed by atoms with E-state index in [9.17, 15) is 9.59 Å². The molecule has 1 N–H and O–H groups in total. The van der Waals surface area contributed by atoms with Gasteiger partial charge in [-0.05, 0) is 18.4 Å². The molecule has 1 aliphatic carbocycles. The first-order valence-electron chi connectivity index (χ1n) is 11.1. The first-order valence-corrected chi connectivity index (χ1v) is 12.5. The highest BCUT2D eigenvalue weighted by atomic mass is 35.5. The summed E-state index contributed by atoms with van der Waals surface area (Å²) >= 11 is 7.50. The minimum atomic E-state index is -0.0805. The van der Waals surface area contributed by atoms with Gasteiger partial charge in [0.15, 0.2) is 5.16 Å². The highest BCUT2D eigenvalue weighted by Gasteiger charge is 2.29. The van der Waals surface area contributed by atoms with Crippen LogP contribution in [0.25, 0.3) is 0 Å². The van der Waals surface area contributed by atoms with Gasteiger partial charge in [-0.3, -0.25) is 9.59 Å². The molecule has 2 aliphatic rings. The molecule has 9 heteroatoms. The third-order valence-corrected chi connectivity index (χ3v) is 6.99. The first kappa shape index (κ1) is 22.9. The number of nitrogens with zero attached hydrogens (tertiary/aromatic N) is 4. The van der Waals surface area contributed by atoms with Crippen molar-refractivity contribution in [3.8, 4) is 0 Å². The molecule has 170 valence electrons. The molecule has 0 spiro atoms. The number of hydrogen-bond acceptors (Lipinski definition) is 6. The van der Waals surface area contributed by atoms with Crippen LogP contribution in [0, 0.1) is 5.92 Å². The normalized spacial score (nSPS) is 16.9. The van der Waals surface area contributed by atoms with Gasteiger partial charge in [0, 0.05) is 44.7 Å². The fourth-order valence-corrected chi connectivity index (χ4v) is 5.09. The molecule has 1 aromatic carbocycles. The van der Waals surface area contributed by atoms with Crippen LogP contribution in [0.1, 0.15) is 31.2 Å². The number of carbonyl (C=O) groups is 2. The van der Waals surface area contributed by atoms with Gasteiger partial charge >= 0.3 is 0 Å². The fourth-order valence-electron chi connectivity index (χ4n) is 4.18. The summed E-state index contributed by atoms with van der Waals surface area (Å²) in [4.78, 5) is 37.8. The van der Waals surface area contributed by atoms with Gasteiger partial charge in [-0.1, -0.05) is 66.5 Å².